The Morgan fingerprint density at radius 2 is 1.07 bits per heavy atom. The molecule has 0 amide bonds. The Balaban J connectivity index is 2.21. The summed E-state index contributed by atoms with van der Waals surface area (Å²) in [5.41, 5.74) is 1.94. The number of ether oxygens (including phenoxy) is 1. The fraction of sp³-hybridized carbons (Fsp3) is 0.154. The third-order valence-corrected chi connectivity index (χ3v) is 4.36. The van der Waals surface area contributed by atoms with E-state index in [1.807, 2.05) is 68.4 Å². The third kappa shape index (κ3) is 5.08. The van der Waals surface area contributed by atoms with Gasteiger partial charge in [-0.2, -0.15) is 0 Å². The lowest BCUT2D eigenvalue weighted by molar-refractivity contribution is 0.0886. The van der Waals surface area contributed by atoms with Crippen LogP contribution in [0.15, 0.2) is 96.8 Å². The average Bonchev–Trinajstić information content (AvgIpc) is 2.77. The van der Waals surface area contributed by atoms with Crippen molar-refractivity contribution < 1.29 is 14.3 Å². The molecule has 0 heterocycles. The van der Waals surface area contributed by atoms with Gasteiger partial charge in [0.15, 0.2) is 11.5 Å². The van der Waals surface area contributed by atoms with Crippen LogP contribution in [0, 0.1) is 5.92 Å². The van der Waals surface area contributed by atoms with Crippen molar-refractivity contribution in [1.82, 2.24) is 0 Å². The Morgan fingerprint density at radius 3 is 1.52 bits per heavy atom. The van der Waals surface area contributed by atoms with Crippen molar-refractivity contribution in [2.24, 2.45) is 5.92 Å². The molecule has 0 N–H and O–H groups in total. The molecule has 3 nitrogen and oxygen atoms in total. The molecule has 29 heavy (non-hydrogen) atoms. The van der Waals surface area contributed by atoms with E-state index < -0.39 is 0 Å². The Morgan fingerprint density at radius 1 is 0.655 bits per heavy atom. The SMILES string of the molecule is CC(C)CO/C(C(=O)c1ccccc1)=C(/C(=O)c1ccccc1)c1ccccc1. The summed E-state index contributed by atoms with van der Waals surface area (Å²) in [6.07, 6.45) is 0. The first-order chi connectivity index (χ1) is 14.1. The minimum atomic E-state index is -0.297. The predicted molar refractivity (Wildman–Crippen MR) is 116 cm³/mol. The first kappa shape index (κ1) is 20.3. The number of allylic oxidation sites excluding steroid dienone is 2. The molecule has 0 atom stereocenters. The van der Waals surface area contributed by atoms with E-state index in [1.54, 1.807) is 36.4 Å². The van der Waals surface area contributed by atoms with Crippen LogP contribution in [0.3, 0.4) is 0 Å². The van der Waals surface area contributed by atoms with Crippen LogP contribution in [0.4, 0.5) is 0 Å². The first-order valence-electron chi connectivity index (χ1n) is 9.70. The van der Waals surface area contributed by atoms with Crippen molar-refractivity contribution in [2.45, 2.75) is 13.8 Å². The zero-order valence-electron chi connectivity index (χ0n) is 16.7. The molecule has 0 aliphatic rings. The van der Waals surface area contributed by atoms with Gasteiger partial charge in [-0.1, -0.05) is 105 Å². The molecule has 0 radical (unpaired) electrons. The van der Waals surface area contributed by atoms with Gasteiger partial charge in [0.25, 0.3) is 0 Å². The molecule has 0 aliphatic carbocycles. The Kier molecular flexibility index (Phi) is 6.75. The van der Waals surface area contributed by atoms with Crippen LogP contribution < -0.4 is 0 Å². The molecule has 3 rings (SSSR count). The maximum atomic E-state index is 13.5. The second kappa shape index (κ2) is 9.65. The van der Waals surface area contributed by atoms with Crippen LogP contribution >= 0.6 is 0 Å². The van der Waals surface area contributed by atoms with Crippen LogP contribution in [0.1, 0.15) is 40.1 Å². The van der Waals surface area contributed by atoms with E-state index in [9.17, 15) is 9.59 Å². The highest BCUT2D eigenvalue weighted by molar-refractivity contribution is 6.34. The number of benzene rings is 3. The Labute approximate surface area is 171 Å². The fourth-order valence-electron chi connectivity index (χ4n) is 2.93. The second-order valence-corrected chi connectivity index (χ2v) is 7.17. The summed E-state index contributed by atoms with van der Waals surface area (Å²) < 4.78 is 5.99. The molecular formula is C26H24O3. The Hall–Kier alpha value is -3.46. The standard InChI is InChI=1S/C26H24O3/c1-19(2)18-29-26(25(28)22-16-10-5-11-17-22)23(20-12-6-3-7-13-20)24(27)21-14-8-4-9-15-21/h3-17,19H,18H2,1-2H3/b26-23+. The number of carbonyl (C=O) groups excluding carboxylic acids is 2. The van der Waals surface area contributed by atoms with E-state index >= 15 is 0 Å². The van der Waals surface area contributed by atoms with Gasteiger partial charge < -0.3 is 4.74 Å². The lowest BCUT2D eigenvalue weighted by atomic mass is 9.93. The molecule has 0 spiro atoms. The van der Waals surface area contributed by atoms with Crippen LogP contribution in [-0.2, 0) is 4.74 Å². The monoisotopic (exact) mass is 384 g/mol. The van der Waals surface area contributed by atoms with Gasteiger partial charge in [-0.25, -0.2) is 0 Å². The largest absolute Gasteiger partial charge is 0.488 e. The normalized spacial score (nSPS) is 11.7. The quantitative estimate of drug-likeness (QED) is 0.278. The molecule has 3 aromatic carbocycles. The molecule has 0 bridgehead atoms. The zero-order chi connectivity index (χ0) is 20.6. The van der Waals surface area contributed by atoms with Crippen molar-refractivity contribution in [3.8, 4) is 0 Å². The summed E-state index contributed by atoms with van der Waals surface area (Å²) in [7, 11) is 0. The highest BCUT2D eigenvalue weighted by Gasteiger charge is 2.26. The van der Waals surface area contributed by atoms with E-state index in [2.05, 4.69) is 0 Å². The number of rotatable bonds is 8. The maximum absolute atomic E-state index is 13.5. The van der Waals surface area contributed by atoms with Gasteiger partial charge in [-0.05, 0) is 11.5 Å². The maximum Gasteiger partial charge on any atom is 0.228 e. The summed E-state index contributed by atoms with van der Waals surface area (Å²) >= 11 is 0. The van der Waals surface area contributed by atoms with Gasteiger partial charge >= 0.3 is 0 Å². The number of hydrogen-bond donors (Lipinski definition) is 0. The van der Waals surface area contributed by atoms with Crippen molar-refractivity contribution in [2.75, 3.05) is 6.61 Å². The van der Waals surface area contributed by atoms with E-state index in [0.717, 1.165) is 0 Å². The number of ketones is 2. The molecule has 0 aliphatic heterocycles. The average molecular weight is 384 g/mol. The van der Waals surface area contributed by atoms with Gasteiger partial charge in [-0.15, -0.1) is 0 Å². The highest BCUT2D eigenvalue weighted by atomic mass is 16.5. The molecule has 0 fully saturated rings. The number of carbonyl (C=O) groups is 2. The van der Waals surface area contributed by atoms with Gasteiger partial charge in [0.1, 0.15) is 0 Å². The van der Waals surface area contributed by atoms with E-state index in [0.29, 0.717) is 23.3 Å². The second-order valence-electron chi connectivity index (χ2n) is 7.17. The van der Waals surface area contributed by atoms with E-state index in [4.69, 9.17) is 4.74 Å². The summed E-state index contributed by atoms with van der Waals surface area (Å²) in [4.78, 5) is 26.8. The Bertz CT molecular complexity index is 988. The van der Waals surface area contributed by atoms with Crippen LogP contribution in [-0.4, -0.2) is 18.2 Å². The van der Waals surface area contributed by atoms with Crippen molar-refractivity contribution >= 4 is 17.1 Å². The van der Waals surface area contributed by atoms with Crippen LogP contribution in [0.25, 0.3) is 5.57 Å². The molecule has 3 aromatic rings. The molecule has 0 unspecified atom stereocenters. The van der Waals surface area contributed by atoms with Crippen molar-refractivity contribution in [3.05, 3.63) is 113 Å². The predicted octanol–water partition coefficient (Wildman–Crippen LogP) is 5.84. The first-order valence-corrected chi connectivity index (χ1v) is 9.70. The topological polar surface area (TPSA) is 43.4 Å². The summed E-state index contributed by atoms with van der Waals surface area (Å²) in [6, 6.07) is 27.1. The van der Waals surface area contributed by atoms with Gasteiger partial charge in [-0.3, -0.25) is 9.59 Å². The number of Topliss-reactive ketones (excluding diaryl/α,β-unsaturated/α-hetero) is 2. The third-order valence-electron chi connectivity index (χ3n) is 4.36. The van der Waals surface area contributed by atoms with Crippen molar-refractivity contribution in [1.29, 1.82) is 0 Å². The zero-order valence-corrected chi connectivity index (χ0v) is 16.7. The minimum Gasteiger partial charge on any atom is -0.488 e. The smallest absolute Gasteiger partial charge is 0.228 e. The summed E-state index contributed by atoms with van der Waals surface area (Å²) in [5, 5.41) is 0. The van der Waals surface area contributed by atoms with Gasteiger partial charge in [0.2, 0.25) is 5.78 Å². The van der Waals surface area contributed by atoms with Crippen LogP contribution in [0.2, 0.25) is 0 Å². The number of hydrogen-bond acceptors (Lipinski definition) is 3. The van der Waals surface area contributed by atoms with E-state index in [-0.39, 0.29) is 28.8 Å². The highest BCUT2D eigenvalue weighted by Crippen LogP contribution is 2.27. The summed E-state index contributed by atoms with van der Waals surface area (Å²) in [6.45, 7) is 4.35. The van der Waals surface area contributed by atoms with Gasteiger partial charge in [0, 0.05) is 11.1 Å². The lowest BCUT2D eigenvalue weighted by Crippen LogP contribution is -2.17. The molecular weight excluding hydrogens is 360 g/mol. The summed E-state index contributed by atoms with van der Waals surface area (Å²) in [5.74, 6) is -0.239. The molecule has 0 aromatic heterocycles. The molecule has 3 heteroatoms. The fourth-order valence-corrected chi connectivity index (χ4v) is 2.93. The van der Waals surface area contributed by atoms with Crippen LogP contribution in [0.5, 0.6) is 0 Å². The van der Waals surface area contributed by atoms with Gasteiger partial charge in [0.05, 0.1) is 12.2 Å². The molecule has 146 valence electrons. The molecule has 0 saturated heterocycles. The minimum absolute atomic E-state index is 0.0879. The molecule has 0 saturated carbocycles. The lowest BCUT2D eigenvalue weighted by Gasteiger charge is -2.17. The van der Waals surface area contributed by atoms with E-state index in [1.165, 1.54) is 0 Å². The van der Waals surface area contributed by atoms with Crippen molar-refractivity contribution in [3.63, 3.8) is 0 Å².